The van der Waals surface area contributed by atoms with E-state index in [-0.39, 0.29) is 0 Å². The van der Waals surface area contributed by atoms with E-state index < -0.39 is 18.0 Å². The average Bonchev–Trinajstić information content (AvgIpc) is 2.03. The Morgan fingerprint density at radius 2 is 2.00 bits per heavy atom. The van der Waals surface area contributed by atoms with Crippen LogP contribution in [0.2, 0.25) is 0 Å². The maximum atomic E-state index is 12.6. The molecule has 0 heterocycles. The van der Waals surface area contributed by atoms with Crippen molar-refractivity contribution < 1.29 is 14.6 Å². The third kappa shape index (κ3) is 2.03. The Labute approximate surface area is 70.3 Å². The normalized spacial score (nSPS) is 15.7. The predicted molar refractivity (Wildman–Crippen MR) is 43.0 cm³/mol. The van der Waals surface area contributed by atoms with Crippen molar-refractivity contribution in [1.29, 1.82) is 0 Å². The van der Waals surface area contributed by atoms with E-state index in [1.807, 2.05) is 0 Å². The van der Waals surface area contributed by atoms with Crippen LogP contribution in [0.15, 0.2) is 24.3 Å². The van der Waals surface area contributed by atoms with Gasteiger partial charge in [-0.05, 0) is 24.6 Å². The first-order valence-electron chi connectivity index (χ1n) is 3.73. The van der Waals surface area contributed by atoms with Crippen LogP contribution < -0.4 is 0 Å². The Morgan fingerprint density at radius 1 is 1.33 bits per heavy atom. The fraction of sp³-hybridized carbons (Fsp3) is 0.333. The lowest BCUT2D eigenvalue weighted by Crippen LogP contribution is -2.13. The van der Waals surface area contributed by atoms with Crippen LogP contribution >= 0.6 is 0 Å². The Bertz CT molecular complexity index is 260. The van der Waals surface area contributed by atoms with Crippen molar-refractivity contribution in [2.45, 2.75) is 19.1 Å². The molecule has 0 bridgehead atoms. The molecule has 2 atom stereocenters. The molecule has 0 amide bonds. The summed E-state index contributed by atoms with van der Waals surface area (Å²) in [5.74, 6) is -0.410. The number of halogens is 1. The van der Waals surface area contributed by atoms with Gasteiger partial charge in [0.05, 0.1) is 6.10 Å². The van der Waals surface area contributed by atoms with Gasteiger partial charge in [-0.25, -0.2) is 4.39 Å². The molecule has 0 aliphatic carbocycles. The zero-order valence-electron chi connectivity index (χ0n) is 6.74. The predicted octanol–water partition coefficient (Wildman–Crippen LogP) is 1.24. The van der Waals surface area contributed by atoms with Gasteiger partial charge in [-0.3, -0.25) is 0 Å². The molecule has 2 unspecified atom stereocenters. The summed E-state index contributed by atoms with van der Waals surface area (Å²) in [6.07, 6.45) is -1.90. The SMILES string of the molecule is CC(O)C(O)c1cccc(F)c1. The van der Waals surface area contributed by atoms with Gasteiger partial charge >= 0.3 is 0 Å². The summed E-state index contributed by atoms with van der Waals surface area (Å²) >= 11 is 0. The fourth-order valence-electron chi connectivity index (χ4n) is 0.969. The number of aliphatic hydroxyl groups excluding tert-OH is 2. The van der Waals surface area contributed by atoms with E-state index in [1.54, 1.807) is 6.07 Å². The summed E-state index contributed by atoms with van der Waals surface area (Å²) in [5, 5.41) is 18.3. The maximum absolute atomic E-state index is 12.6. The van der Waals surface area contributed by atoms with E-state index in [0.29, 0.717) is 5.56 Å². The van der Waals surface area contributed by atoms with Crippen LogP contribution in [-0.2, 0) is 0 Å². The Hall–Kier alpha value is -0.930. The minimum Gasteiger partial charge on any atom is -0.390 e. The van der Waals surface area contributed by atoms with Crippen molar-refractivity contribution in [3.05, 3.63) is 35.6 Å². The monoisotopic (exact) mass is 170 g/mol. The molecule has 2 N–H and O–H groups in total. The first-order chi connectivity index (χ1) is 5.61. The molecule has 0 fully saturated rings. The van der Waals surface area contributed by atoms with Gasteiger partial charge in [0.25, 0.3) is 0 Å². The van der Waals surface area contributed by atoms with Crippen molar-refractivity contribution >= 4 is 0 Å². The maximum Gasteiger partial charge on any atom is 0.123 e. The highest BCUT2D eigenvalue weighted by Crippen LogP contribution is 2.16. The smallest absolute Gasteiger partial charge is 0.123 e. The number of hydrogen-bond acceptors (Lipinski definition) is 2. The number of aliphatic hydroxyl groups is 2. The average molecular weight is 170 g/mol. The van der Waals surface area contributed by atoms with E-state index in [0.717, 1.165) is 0 Å². The number of rotatable bonds is 2. The molecule has 12 heavy (non-hydrogen) atoms. The third-order valence-corrected chi connectivity index (χ3v) is 1.65. The third-order valence-electron chi connectivity index (χ3n) is 1.65. The van der Waals surface area contributed by atoms with Crippen LogP contribution in [0, 0.1) is 5.82 Å². The molecule has 0 radical (unpaired) electrons. The summed E-state index contributed by atoms with van der Waals surface area (Å²) in [4.78, 5) is 0. The largest absolute Gasteiger partial charge is 0.390 e. The summed E-state index contributed by atoms with van der Waals surface area (Å²) in [5.41, 5.74) is 0.394. The van der Waals surface area contributed by atoms with Crippen LogP contribution in [0.5, 0.6) is 0 Å². The molecule has 0 spiro atoms. The van der Waals surface area contributed by atoms with Crippen LogP contribution in [-0.4, -0.2) is 16.3 Å². The van der Waals surface area contributed by atoms with Gasteiger partial charge in [0.2, 0.25) is 0 Å². The number of hydrogen-bond donors (Lipinski definition) is 2. The second-order valence-electron chi connectivity index (χ2n) is 2.74. The molecule has 0 aliphatic rings. The second-order valence-corrected chi connectivity index (χ2v) is 2.74. The minimum atomic E-state index is -1.01. The molecular formula is C9H11FO2. The van der Waals surface area contributed by atoms with Gasteiger partial charge in [0.1, 0.15) is 11.9 Å². The zero-order chi connectivity index (χ0) is 9.14. The topological polar surface area (TPSA) is 40.5 Å². The van der Waals surface area contributed by atoms with Crippen LogP contribution in [0.25, 0.3) is 0 Å². The van der Waals surface area contributed by atoms with Crippen LogP contribution in [0.1, 0.15) is 18.6 Å². The molecule has 0 aliphatic heterocycles. The summed E-state index contributed by atoms with van der Waals surface area (Å²) in [6.45, 7) is 1.45. The molecule has 2 nitrogen and oxygen atoms in total. The van der Waals surface area contributed by atoms with Crippen LogP contribution in [0.3, 0.4) is 0 Å². The molecule has 1 rings (SSSR count). The van der Waals surface area contributed by atoms with E-state index in [4.69, 9.17) is 5.11 Å². The van der Waals surface area contributed by atoms with Crippen molar-refractivity contribution in [3.63, 3.8) is 0 Å². The second kappa shape index (κ2) is 3.65. The lowest BCUT2D eigenvalue weighted by atomic mass is 10.1. The molecular weight excluding hydrogens is 159 g/mol. The Balaban J connectivity index is 2.88. The molecule has 0 aromatic heterocycles. The highest BCUT2D eigenvalue weighted by Gasteiger charge is 2.13. The van der Waals surface area contributed by atoms with Gasteiger partial charge in [-0.1, -0.05) is 12.1 Å². The van der Waals surface area contributed by atoms with E-state index >= 15 is 0 Å². The molecule has 1 aromatic rings. The molecule has 3 heteroatoms. The lowest BCUT2D eigenvalue weighted by molar-refractivity contribution is 0.0304. The van der Waals surface area contributed by atoms with Crippen LogP contribution in [0.4, 0.5) is 4.39 Å². The van der Waals surface area contributed by atoms with Gasteiger partial charge < -0.3 is 10.2 Å². The highest BCUT2D eigenvalue weighted by molar-refractivity contribution is 5.19. The van der Waals surface area contributed by atoms with E-state index in [2.05, 4.69) is 0 Å². The number of benzene rings is 1. The van der Waals surface area contributed by atoms with Gasteiger partial charge in [-0.15, -0.1) is 0 Å². The van der Waals surface area contributed by atoms with Gasteiger partial charge in [0, 0.05) is 0 Å². The molecule has 66 valence electrons. The summed E-state index contributed by atoms with van der Waals surface area (Å²) < 4.78 is 12.6. The fourth-order valence-corrected chi connectivity index (χ4v) is 0.969. The van der Waals surface area contributed by atoms with Crippen molar-refractivity contribution in [3.8, 4) is 0 Å². The summed E-state index contributed by atoms with van der Waals surface area (Å²) in [7, 11) is 0. The molecule has 0 saturated carbocycles. The van der Waals surface area contributed by atoms with Crippen molar-refractivity contribution in [2.75, 3.05) is 0 Å². The minimum absolute atomic E-state index is 0.394. The van der Waals surface area contributed by atoms with E-state index in [1.165, 1.54) is 25.1 Å². The van der Waals surface area contributed by atoms with Gasteiger partial charge in [-0.2, -0.15) is 0 Å². The zero-order valence-corrected chi connectivity index (χ0v) is 6.74. The molecule has 1 aromatic carbocycles. The lowest BCUT2D eigenvalue weighted by Gasteiger charge is -2.13. The van der Waals surface area contributed by atoms with Gasteiger partial charge in [0.15, 0.2) is 0 Å². The Morgan fingerprint density at radius 3 is 2.50 bits per heavy atom. The molecule has 0 saturated heterocycles. The quantitative estimate of drug-likeness (QED) is 0.701. The summed E-state index contributed by atoms with van der Waals surface area (Å²) in [6, 6.07) is 5.56. The standard InChI is InChI=1S/C9H11FO2/c1-6(11)9(12)7-3-2-4-8(10)5-7/h2-6,9,11-12H,1H3. The first kappa shape index (κ1) is 9.16. The van der Waals surface area contributed by atoms with Crippen molar-refractivity contribution in [2.24, 2.45) is 0 Å². The highest BCUT2D eigenvalue weighted by atomic mass is 19.1. The first-order valence-corrected chi connectivity index (χ1v) is 3.73. The van der Waals surface area contributed by atoms with E-state index in [9.17, 15) is 9.50 Å². The van der Waals surface area contributed by atoms with Crippen molar-refractivity contribution in [1.82, 2.24) is 0 Å². The Kier molecular flexibility index (Phi) is 2.78.